The van der Waals surface area contributed by atoms with E-state index in [1.54, 1.807) is 19.9 Å². The van der Waals surface area contributed by atoms with Crippen LogP contribution in [-0.4, -0.2) is 30.1 Å². The maximum atomic E-state index is 10.9. The van der Waals surface area contributed by atoms with E-state index >= 15 is 0 Å². The molecule has 4 heteroatoms. The minimum Gasteiger partial charge on any atom is -0.446 e. The lowest BCUT2D eigenvalue weighted by molar-refractivity contribution is -0.163. The molecule has 0 aromatic rings. The molecule has 4 nitrogen and oxygen atoms in total. The molecule has 0 aromatic carbocycles. The Hall–Kier alpha value is -1.31. The van der Waals surface area contributed by atoms with Crippen LogP contribution in [0, 0.1) is 12.3 Å². The molecule has 16 heavy (non-hydrogen) atoms. The minimum atomic E-state index is -0.762. The summed E-state index contributed by atoms with van der Waals surface area (Å²) in [5, 5.41) is 0. The summed E-state index contributed by atoms with van der Waals surface area (Å²) in [6.07, 6.45) is 5.25. The highest BCUT2D eigenvalue weighted by atomic mass is 16.8. The fourth-order valence-electron chi connectivity index (χ4n) is 1.61. The summed E-state index contributed by atoms with van der Waals surface area (Å²) in [4.78, 5) is 10.9. The standard InChI is InChI=1S/C12H16O4/c1-6-9(14-8(3)13)11-10(7-2)15-12(4,5)16-11/h1,7,9-11H,2H2,3-5H3/t9-,10+,11-/m0/s1. The van der Waals surface area contributed by atoms with Gasteiger partial charge in [-0.05, 0) is 13.8 Å². The second-order valence-corrected chi connectivity index (χ2v) is 4.00. The second-order valence-electron chi connectivity index (χ2n) is 4.00. The number of esters is 1. The van der Waals surface area contributed by atoms with Crippen molar-refractivity contribution >= 4 is 5.97 Å². The molecule has 1 rings (SSSR count). The van der Waals surface area contributed by atoms with Crippen LogP contribution in [-0.2, 0) is 19.0 Å². The summed E-state index contributed by atoms with van der Waals surface area (Å²) in [7, 11) is 0. The Morgan fingerprint density at radius 3 is 2.69 bits per heavy atom. The lowest BCUT2D eigenvalue weighted by atomic mass is 10.1. The fraction of sp³-hybridized carbons (Fsp3) is 0.583. The van der Waals surface area contributed by atoms with Crippen molar-refractivity contribution in [1.29, 1.82) is 0 Å². The summed E-state index contributed by atoms with van der Waals surface area (Å²) in [6, 6.07) is 0. The Morgan fingerprint density at radius 1 is 1.62 bits per heavy atom. The van der Waals surface area contributed by atoms with Gasteiger partial charge in [0, 0.05) is 6.92 Å². The van der Waals surface area contributed by atoms with Crippen molar-refractivity contribution in [3.63, 3.8) is 0 Å². The molecule has 1 aliphatic rings. The predicted octanol–water partition coefficient (Wildman–Crippen LogP) is 1.26. The Balaban J connectivity index is 2.81. The molecule has 0 bridgehead atoms. The zero-order valence-corrected chi connectivity index (χ0v) is 9.73. The molecule has 0 amide bonds. The van der Waals surface area contributed by atoms with E-state index in [4.69, 9.17) is 20.6 Å². The first-order chi connectivity index (χ1) is 7.39. The summed E-state index contributed by atoms with van der Waals surface area (Å²) in [5.41, 5.74) is 0. The van der Waals surface area contributed by atoms with Crippen LogP contribution in [0.4, 0.5) is 0 Å². The largest absolute Gasteiger partial charge is 0.446 e. The molecule has 0 unspecified atom stereocenters. The third-order valence-electron chi connectivity index (χ3n) is 2.15. The van der Waals surface area contributed by atoms with E-state index in [0.29, 0.717) is 0 Å². The van der Waals surface area contributed by atoms with Crippen molar-refractivity contribution in [2.45, 2.75) is 44.9 Å². The van der Waals surface area contributed by atoms with Crippen molar-refractivity contribution in [2.75, 3.05) is 0 Å². The molecule has 1 fully saturated rings. The van der Waals surface area contributed by atoms with Gasteiger partial charge >= 0.3 is 5.97 Å². The molecule has 0 radical (unpaired) electrons. The first-order valence-corrected chi connectivity index (χ1v) is 5.01. The van der Waals surface area contributed by atoms with E-state index < -0.39 is 24.0 Å². The molecule has 1 aliphatic heterocycles. The Labute approximate surface area is 95.6 Å². The highest BCUT2D eigenvalue weighted by Gasteiger charge is 2.44. The SMILES string of the molecule is C#C[C@H](OC(C)=O)[C@@H]1OC(C)(C)O[C@@H]1C=C. The van der Waals surface area contributed by atoms with E-state index in [2.05, 4.69) is 12.5 Å². The van der Waals surface area contributed by atoms with Crippen LogP contribution in [0.3, 0.4) is 0 Å². The summed E-state index contributed by atoms with van der Waals surface area (Å²) < 4.78 is 16.1. The number of rotatable bonds is 3. The third kappa shape index (κ3) is 2.84. The maximum Gasteiger partial charge on any atom is 0.303 e. The van der Waals surface area contributed by atoms with Crippen LogP contribution >= 0.6 is 0 Å². The number of hydrogen-bond acceptors (Lipinski definition) is 4. The van der Waals surface area contributed by atoms with Crippen molar-refractivity contribution < 1.29 is 19.0 Å². The molecule has 0 saturated carbocycles. The van der Waals surface area contributed by atoms with Gasteiger partial charge in [-0.2, -0.15) is 0 Å². The van der Waals surface area contributed by atoms with Gasteiger partial charge in [-0.25, -0.2) is 0 Å². The van der Waals surface area contributed by atoms with E-state index in [0.717, 1.165) is 0 Å². The van der Waals surface area contributed by atoms with Crippen LogP contribution < -0.4 is 0 Å². The number of carbonyl (C=O) groups excluding carboxylic acids is 1. The number of carbonyl (C=O) groups is 1. The van der Waals surface area contributed by atoms with Gasteiger partial charge < -0.3 is 14.2 Å². The molecule has 0 spiro atoms. The quantitative estimate of drug-likeness (QED) is 0.411. The number of terminal acetylenes is 1. The normalized spacial score (nSPS) is 29.1. The summed E-state index contributed by atoms with van der Waals surface area (Å²) in [6.45, 7) is 8.48. The van der Waals surface area contributed by atoms with Gasteiger partial charge in [-0.1, -0.05) is 12.0 Å². The van der Waals surface area contributed by atoms with Crippen molar-refractivity contribution in [3.05, 3.63) is 12.7 Å². The van der Waals surface area contributed by atoms with Crippen LogP contribution in [0.15, 0.2) is 12.7 Å². The van der Waals surface area contributed by atoms with Crippen LogP contribution in [0.2, 0.25) is 0 Å². The van der Waals surface area contributed by atoms with Crippen LogP contribution in [0.5, 0.6) is 0 Å². The lowest BCUT2D eigenvalue weighted by Gasteiger charge is -2.21. The van der Waals surface area contributed by atoms with E-state index in [1.165, 1.54) is 6.92 Å². The van der Waals surface area contributed by atoms with Crippen molar-refractivity contribution in [3.8, 4) is 12.3 Å². The van der Waals surface area contributed by atoms with Gasteiger partial charge in [0.1, 0.15) is 12.2 Å². The molecular weight excluding hydrogens is 208 g/mol. The second kappa shape index (κ2) is 4.69. The van der Waals surface area contributed by atoms with Gasteiger partial charge in [0.15, 0.2) is 11.9 Å². The van der Waals surface area contributed by atoms with Gasteiger partial charge in [0.2, 0.25) is 0 Å². The predicted molar refractivity (Wildman–Crippen MR) is 58.4 cm³/mol. The van der Waals surface area contributed by atoms with E-state index in [-0.39, 0.29) is 6.10 Å². The Bertz CT molecular complexity index is 326. The van der Waals surface area contributed by atoms with Gasteiger partial charge in [0.05, 0.1) is 0 Å². The molecule has 0 N–H and O–H groups in total. The zero-order valence-electron chi connectivity index (χ0n) is 9.73. The molecule has 0 aliphatic carbocycles. The first kappa shape index (κ1) is 12.8. The monoisotopic (exact) mass is 224 g/mol. The third-order valence-corrected chi connectivity index (χ3v) is 2.15. The van der Waals surface area contributed by atoms with E-state index in [9.17, 15) is 4.79 Å². The fourth-order valence-corrected chi connectivity index (χ4v) is 1.61. The zero-order chi connectivity index (χ0) is 12.3. The molecule has 88 valence electrons. The van der Waals surface area contributed by atoms with Gasteiger partial charge in [-0.3, -0.25) is 4.79 Å². The lowest BCUT2D eigenvalue weighted by Crippen LogP contribution is -2.36. The molecule has 0 aromatic heterocycles. The molecule has 3 atom stereocenters. The maximum absolute atomic E-state index is 10.9. The molecular formula is C12H16O4. The summed E-state index contributed by atoms with van der Waals surface area (Å²) in [5.74, 6) is 1.19. The minimum absolute atomic E-state index is 0.379. The Morgan fingerprint density at radius 2 is 2.25 bits per heavy atom. The Kier molecular flexibility index (Phi) is 3.74. The number of ether oxygens (including phenoxy) is 3. The number of hydrogen-bond donors (Lipinski definition) is 0. The van der Waals surface area contributed by atoms with Gasteiger partial charge in [-0.15, -0.1) is 13.0 Å². The highest BCUT2D eigenvalue weighted by Crippen LogP contribution is 2.31. The van der Waals surface area contributed by atoms with Crippen LogP contribution in [0.25, 0.3) is 0 Å². The molecule has 1 heterocycles. The van der Waals surface area contributed by atoms with Gasteiger partial charge in [0.25, 0.3) is 0 Å². The first-order valence-electron chi connectivity index (χ1n) is 5.01. The smallest absolute Gasteiger partial charge is 0.303 e. The van der Waals surface area contributed by atoms with Crippen molar-refractivity contribution in [2.24, 2.45) is 0 Å². The van der Waals surface area contributed by atoms with Crippen molar-refractivity contribution in [1.82, 2.24) is 0 Å². The molecule has 1 saturated heterocycles. The average molecular weight is 224 g/mol. The summed E-state index contributed by atoms with van der Waals surface area (Å²) >= 11 is 0. The topological polar surface area (TPSA) is 44.8 Å². The average Bonchev–Trinajstić information content (AvgIpc) is 2.49. The van der Waals surface area contributed by atoms with Crippen LogP contribution in [0.1, 0.15) is 20.8 Å². The highest BCUT2D eigenvalue weighted by molar-refractivity contribution is 5.66. The van der Waals surface area contributed by atoms with E-state index in [1.807, 2.05) is 0 Å².